The first-order chi connectivity index (χ1) is 9.04. The Morgan fingerprint density at radius 1 is 1.53 bits per heavy atom. The molecule has 0 spiro atoms. The number of hydrogen-bond donors (Lipinski definition) is 1. The van der Waals surface area contributed by atoms with Crippen LogP contribution in [0, 0.1) is 0 Å². The third kappa shape index (κ3) is 2.67. The molecule has 102 valence electrons. The van der Waals surface area contributed by atoms with Gasteiger partial charge in [0, 0.05) is 13.6 Å². The molecular formula is C11H15BrN6O. The van der Waals surface area contributed by atoms with Crippen molar-refractivity contribution in [1.82, 2.24) is 24.5 Å². The lowest BCUT2D eigenvalue weighted by Gasteiger charge is -2.15. The van der Waals surface area contributed by atoms with Crippen molar-refractivity contribution in [2.24, 2.45) is 7.05 Å². The maximum absolute atomic E-state index is 11.9. The standard InChI is InChI=1S/C11H15BrN6O/c1-4-18-11(19)9(12)8(5-14-18)15-7(2)10-16-13-6-17(10)3/h5-7,15H,4H2,1-3H3. The lowest BCUT2D eigenvalue weighted by atomic mass is 10.3. The van der Waals surface area contributed by atoms with Crippen LogP contribution in [0.5, 0.6) is 0 Å². The highest BCUT2D eigenvalue weighted by Crippen LogP contribution is 2.21. The van der Waals surface area contributed by atoms with Gasteiger partial charge in [0.1, 0.15) is 10.8 Å². The zero-order valence-corrected chi connectivity index (χ0v) is 12.5. The summed E-state index contributed by atoms with van der Waals surface area (Å²) in [5.41, 5.74) is 0.489. The van der Waals surface area contributed by atoms with Gasteiger partial charge >= 0.3 is 0 Å². The third-order valence-electron chi connectivity index (χ3n) is 2.79. The van der Waals surface area contributed by atoms with Gasteiger partial charge in [-0.2, -0.15) is 5.10 Å². The van der Waals surface area contributed by atoms with E-state index in [1.54, 1.807) is 12.5 Å². The Balaban J connectivity index is 2.27. The van der Waals surface area contributed by atoms with Crippen molar-refractivity contribution in [2.45, 2.75) is 26.4 Å². The largest absolute Gasteiger partial charge is 0.373 e. The van der Waals surface area contributed by atoms with Crippen molar-refractivity contribution in [1.29, 1.82) is 0 Å². The maximum Gasteiger partial charge on any atom is 0.283 e. The zero-order chi connectivity index (χ0) is 14.0. The average Bonchev–Trinajstić information content (AvgIpc) is 2.81. The van der Waals surface area contributed by atoms with E-state index in [0.29, 0.717) is 16.7 Å². The van der Waals surface area contributed by atoms with E-state index in [0.717, 1.165) is 5.82 Å². The van der Waals surface area contributed by atoms with Gasteiger partial charge < -0.3 is 9.88 Å². The van der Waals surface area contributed by atoms with Gasteiger partial charge in [0.05, 0.1) is 17.9 Å². The Morgan fingerprint density at radius 3 is 2.84 bits per heavy atom. The Morgan fingerprint density at radius 2 is 2.26 bits per heavy atom. The zero-order valence-electron chi connectivity index (χ0n) is 11.0. The average molecular weight is 327 g/mol. The molecule has 2 aromatic rings. The molecule has 0 radical (unpaired) electrons. The molecule has 0 fully saturated rings. The summed E-state index contributed by atoms with van der Waals surface area (Å²) >= 11 is 3.30. The van der Waals surface area contributed by atoms with E-state index < -0.39 is 0 Å². The number of halogens is 1. The summed E-state index contributed by atoms with van der Waals surface area (Å²) in [6.45, 7) is 4.36. The predicted molar refractivity (Wildman–Crippen MR) is 74.9 cm³/mol. The normalized spacial score (nSPS) is 12.4. The van der Waals surface area contributed by atoms with E-state index in [1.807, 2.05) is 25.5 Å². The second-order valence-corrected chi connectivity index (χ2v) is 4.95. The summed E-state index contributed by atoms with van der Waals surface area (Å²) < 4.78 is 3.69. The molecule has 0 aliphatic heterocycles. The molecule has 2 heterocycles. The minimum atomic E-state index is -0.155. The van der Waals surface area contributed by atoms with Gasteiger partial charge in [-0.25, -0.2) is 4.68 Å². The fourth-order valence-corrected chi connectivity index (χ4v) is 2.19. The Hall–Kier alpha value is -1.70. The van der Waals surface area contributed by atoms with Crippen molar-refractivity contribution in [3.63, 3.8) is 0 Å². The van der Waals surface area contributed by atoms with Crippen LogP contribution in [0.2, 0.25) is 0 Å². The molecule has 0 saturated carbocycles. The highest BCUT2D eigenvalue weighted by atomic mass is 79.9. The van der Waals surface area contributed by atoms with Crippen LogP contribution in [0.4, 0.5) is 5.69 Å². The van der Waals surface area contributed by atoms with Gasteiger partial charge in [-0.05, 0) is 29.8 Å². The van der Waals surface area contributed by atoms with E-state index in [9.17, 15) is 4.79 Å². The van der Waals surface area contributed by atoms with Gasteiger partial charge in [0.25, 0.3) is 5.56 Å². The van der Waals surface area contributed by atoms with E-state index in [4.69, 9.17) is 0 Å². The fraction of sp³-hybridized carbons (Fsp3) is 0.455. The fourth-order valence-electron chi connectivity index (χ4n) is 1.77. The van der Waals surface area contributed by atoms with Crippen molar-refractivity contribution in [2.75, 3.05) is 5.32 Å². The van der Waals surface area contributed by atoms with Crippen LogP contribution in [-0.2, 0) is 13.6 Å². The summed E-state index contributed by atoms with van der Waals surface area (Å²) in [7, 11) is 1.87. The molecule has 8 heteroatoms. The molecule has 1 atom stereocenters. The van der Waals surface area contributed by atoms with Crippen LogP contribution in [0.25, 0.3) is 0 Å². The van der Waals surface area contributed by atoms with Crippen molar-refractivity contribution < 1.29 is 0 Å². The molecule has 2 aromatic heterocycles. The van der Waals surface area contributed by atoms with Gasteiger partial charge in [-0.3, -0.25) is 4.79 Å². The topological polar surface area (TPSA) is 77.6 Å². The number of rotatable bonds is 4. The van der Waals surface area contributed by atoms with Gasteiger partial charge in [0.15, 0.2) is 5.82 Å². The molecule has 0 aliphatic rings. The highest BCUT2D eigenvalue weighted by molar-refractivity contribution is 9.10. The van der Waals surface area contributed by atoms with Crippen LogP contribution in [-0.4, -0.2) is 24.5 Å². The lowest BCUT2D eigenvalue weighted by molar-refractivity contribution is 0.611. The quantitative estimate of drug-likeness (QED) is 0.917. The van der Waals surface area contributed by atoms with Crippen molar-refractivity contribution in [3.05, 3.63) is 33.2 Å². The van der Waals surface area contributed by atoms with Crippen molar-refractivity contribution >= 4 is 21.6 Å². The third-order valence-corrected chi connectivity index (χ3v) is 3.56. The summed E-state index contributed by atoms with van der Waals surface area (Å²) in [5, 5.41) is 15.1. The Kier molecular flexibility index (Phi) is 3.98. The van der Waals surface area contributed by atoms with Gasteiger partial charge in [-0.1, -0.05) is 0 Å². The predicted octanol–water partition coefficient (Wildman–Crippen LogP) is 1.33. The molecule has 19 heavy (non-hydrogen) atoms. The number of nitrogens with one attached hydrogen (secondary N) is 1. The minimum absolute atomic E-state index is 0.0810. The highest BCUT2D eigenvalue weighted by Gasteiger charge is 2.14. The van der Waals surface area contributed by atoms with Gasteiger partial charge in [-0.15, -0.1) is 10.2 Å². The SMILES string of the molecule is CCn1ncc(NC(C)c2nncn2C)c(Br)c1=O. The Bertz CT molecular complexity index is 634. The molecule has 0 bridgehead atoms. The van der Waals surface area contributed by atoms with Crippen LogP contribution in [0.1, 0.15) is 25.7 Å². The van der Waals surface area contributed by atoms with E-state index in [-0.39, 0.29) is 11.6 Å². The summed E-state index contributed by atoms with van der Waals surface area (Å²) in [5.74, 6) is 0.784. The lowest BCUT2D eigenvalue weighted by Crippen LogP contribution is -2.24. The minimum Gasteiger partial charge on any atom is -0.373 e. The molecule has 1 unspecified atom stereocenters. The summed E-state index contributed by atoms with van der Waals surface area (Å²) in [6.07, 6.45) is 3.26. The first kappa shape index (κ1) is 13.7. The van der Waals surface area contributed by atoms with E-state index >= 15 is 0 Å². The monoisotopic (exact) mass is 326 g/mol. The van der Waals surface area contributed by atoms with Crippen molar-refractivity contribution in [3.8, 4) is 0 Å². The van der Waals surface area contributed by atoms with E-state index in [2.05, 4.69) is 36.5 Å². The second kappa shape index (κ2) is 5.52. The first-order valence-electron chi connectivity index (χ1n) is 5.90. The summed E-state index contributed by atoms with van der Waals surface area (Å²) in [4.78, 5) is 11.9. The molecule has 7 nitrogen and oxygen atoms in total. The summed E-state index contributed by atoms with van der Waals surface area (Å²) in [6, 6.07) is -0.0810. The second-order valence-electron chi connectivity index (χ2n) is 4.16. The van der Waals surface area contributed by atoms with Gasteiger partial charge in [0.2, 0.25) is 0 Å². The van der Waals surface area contributed by atoms with E-state index in [1.165, 1.54) is 4.68 Å². The number of aromatic nitrogens is 5. The van der Waals surface area contributed by atoms with Crippen LogP contribution in [0.3, 0.4) is 0 Å². The maximum atomic E-state index is 11.9. The van der Waals surface area contributed by atoms with Crippen LogP contribution in [0.15, 0.2) is 21.8 Å². The van der Waals surface area contributed by atoms with Crippen LogP contribution >= 0.6 is 15.9 Å². The van der Waals surface area contributed by atoms with Crippen LogP contribution < -0.4 is 10.9 Å². The molecule has 0 aliphatic carbocycles. The Labute approximate surface area is 118 Å². The molecule has 2 rings (SSSR count). The molecular weight excluding hydrogens is 312 g/mol. The molecule has 0 saturated heterocycles. The number of hydrogen-bond acceptors (Lipinski definition) is 5. The first-order valence-corrected chi connectivity index (χ1v) is 6.70. The molecule has 0 amide bonds. The smallest absolute Gasteiger partial charge is 0.283 e. The molecule has 0 aromatic carbocycles. The molecule has 1 N–H and O–H groups in total. The number of nitrogens with zero attached hydrogens (tertiary/aromatic N) is 5. The number of anilines is 1. The number of aryl methyl sites for hydroxylation is 2.